The van der Waals surface area contributed by atoms with Crippen molar-refractivity contribution in [3.8, 4) is 11.5 Å². The number of amides is 2. The number of nitrogens with one attached hydrogen (secondary N) is 2. The number of hydrogen-bond acceptors (Lipinski definition) is 6. The van der Waals surface area contributed by atoms with E-state index in [2.05, 4.69) is 15.8 Å². The van der Waals surface area contributed by atoms with Crippen LogP contribution >= 0.6 is 0 Å². The molecule has 0 saturated carbocycles. The molecule has 0 aromatic heterocycles. The van der Waals surface area contributed by atoms with Crippen LogP contribution in [-0.4, -0.2) is 45.1 Å². The molecule has 0 radical (unpaired) electrons. The summed E-state index contributed by atoms with van der Waals surface area (Å²) in [5.74, 6) is 0.432. The number of methoxy groups -OCH3 is 1. The average Bonchev–Trinajstić information content (AvgIpc) is 2.95. The Morgan fingerprint density at radius 2 is 2.14 bits per heavy atom. The number of hydrazone groups is 1. The minimum Gasteiger partial charge on any atom is -0.454 e. The quantitative estimate of drug-likeness (QED) is 0.320. The molecule has 0 bridgehead atoms. The normalized spacial score (nSPS) is 12.4. The maximum atomic E-state index is 11.5. The molecular weight excluding hydrogens is 290 g/mol. The molecule has 0 unspecified atom stereocenters. The van der Waals surface area contributed by atoms with Crippen LogP contribution in [0.4, 0.5) is 0 Å². The van der Waals surface area contributed by atoms with E-state index in [0.29, 0.717) is 24.7 Å². The number of rotatable bonds is 7. The molecule has 2 amide bonds. The predicted octanol–water partition coefficient (Wildman–Crippen LogP) is 0.0181. The zero-order valence-electron chi connectivity index (χ0n) is 12.1. The molecule has 0 atom stereocenters. The molecule has 118 valence electrons. The van der Waals surface area contributed by atoms with Crippen LogP contribution in [0.5, 0.6) is 11.5 Å². The largest absolute Gasteiger partial charge is 0.454 e. The summed E-state index contributed by atoms with van der Waals surface area (Å²) in [6.07, 6.45) is 1.17. The van der Waals surface area contributed by atoms with E-state index in [1.165, 1.54) is 13.3 Å². The highest BCUT2D eigenvalue weighted by Gasteiger charge is 2.12. The Balaban J connectivity index is 1.75. The van der Waals surface area contributed by atoms with E-state index in [0.717, 1.165) is 5.56 Å². The lowest BCUT2D eigenvalue weighted by molar-refractivity contribution is -0.129. The summed E-state index contributed by atoms with van der Waals surface area (Å²) in [6, 6.07) is 5.28. The van der Waals surface area contributed by atoms with Gasteiger partial charge in [-0.15, -0.1) is 0 Å². The predicted molar refractivity (Wildman–Crippen MR) is 77.8 cm³/mol. The fourth-order valence-electron chi connectivity index (χ4n) is 1.71. The van der Waals surface area contributed by atoms with Gasteiger partial charge in [0.1, 0.15) is 6.42 Å². The molecule has 1 heterocycles. The van der Waals surface area contributed by atoms with Crippen molar-refractivity contribution >= 4 is 18.0 Å². The highest BCUT2D eigenvalue weighted by atomic mass is 16.7. The number of benzene rings is 1. The van der Waals surface area contributed by atoms with Crippen molar-refractivity contribution in [2.75, 3.05) is 27.1 Å². The van der Waals surface area contributed by atoms with E-state index in [-0.39, 0.29) is 19.1 Å². The average molecular weight is 307 g/mol. The van der Waals surface area contributed by atoms with Crippen LogP contribution < -0.4 is 20.2 Å². The summed E-state index contributed by atoms with van der Waals surface area (Å²) in [5, 5.41) is 6.33. The Labute approximate surface area is 127 Å². The summed E-state index contributed by atoms with van der Waals surface area (Å²) in [4.78, 5) is 22.9. The highest BCUT2D eigenvalue weighted by Crippen LogP contribution is 2.31. The first-order valence-corrected chi connectivity index (χ1v) is 6.66. The minimum absolute atomic E-state index is 0.199. The van der Waals surface area contributed by atoms with Gasteiger partial charge in [-0.25, -0.2) is 5.43 Å². The number of nitrogens with zero attached hydrogens (tertiary/aromatic N) is 1. The van der Waals surface area contributed by atoms with Gasteiger partial charge in [0.15, 0.2) is 11.5 Å². The van der Waals surface area contributed by atoms with Gasteiger partial charge < -0.3 is 19.5 Å². The maximum Gasteiger partial charge on any atom is 0.249 e. The van der Waals surface area contributed by atoms with Crippen molar-refractivity contribution in [2.45, 2.75) is 6.42 Å². The molecule has 2 N–H and O–H groups in total. The van der Waals surface area contributed by atoms with E-state index in [9.17, 15) is 9.59 Å². The lowest BCUT2D eigenvalue weighted by Crippen LogP contribution is -2.31. The Morgan fingerprint density at radius 1 is 1.32 bits per heavy atom. The summed E-state index contributed by atoms with van der Waals surface area (Å²) in [5.41, 5.74) is 3.03. The minimum atomic E-state index is -0.494. The fraction of sp³-hybridized carbons (Fsp3) is 0.357. The Kier molecular flexibility index (Phi) is 5.73. The molecule has 0 saturated heterocycles. The third-order valence-electron chi connectivity index (χ3n) is 2.75. The molecule has 0 aliphatic carbocycles. The molecule has 2 rings (SSSR count). The van der Waals surface area contributed by atoms with Gasteiger partial charge in [0.2, 0.25) is 18.6 Å². The zero-order chi connectivity index (χ0) is 15.8. The van der Waals surface area contributed by atoms with Crippen molar-refractivity contribution in [1.82, 2.24) is 10.7 Å². The molecule has 1 aromatic rings. The van der Waals surface area contributed by atoms with Crippen molar-refractivity contribution in [1.29, 1.82) is 0 Å². The second kappa shape index (κ2) is 7.99. The first kappa shape index (κ1) is 15.8. The van der Waals surface area contributed by atoms with E-state index in [1.807, 2.05) is 0 Å². The molecule has 1 aliphatic rings. The molecule has 0 fully saturated rings. The summed E-state index contributed by atoms with van der Waals surface area (Å²) in [7, 11) is 1.53. The van der Waals surface area contributed by atoms with E-state index in [4.69, 9.17) is 14.2 Å². The molecule has 8 nitrogen and oxygen atoms in total. The van der Waals surface area contributed by atoms with Gasteiger partial charge >= 0.3 is 0 Å². The van der Waals surface area contributed by atoms with Gasteiger partial charge in [-0.05, 0) is 23.8 Å². The second-order valence-corrected chi connectivity index (χ2v) is 4.43. The lowest BCUT2D eigenvalue weighted by atomic mass is 10.2. The summed E-state index contributed by atoms with van der Waals surface area (Å²) in [6.45, 7) is 0.962. The van der Waals surface area contributed by atoms with Gasteiger partial charge in [0, 0.05) is 13.7 Å². The van der Waals surface area contributed by atoms with E-state index >= 15 is 0 Å². The van der Waals surface area contributed by atoms with Crippen molar-refractivity contribution < 1.29 is 23.8 Å². The Bertz CT molecular complexity index is 574. The van der Waals surface area contributed by atoms with Crippen molar-refractivity contribution in [2.24, 2.45) is 5.10 Å². The van der Waals surface area contributed by atoms with Crippen LogP contribution in [0.3, 0.4) is 0 Å². The molecule has 1 aromatic carbocycles. The van der Waals surface area contributed by atoms with E-state index < -0.39 is 5.91 Å². The van der Waals surface area contributed by atoms with Crippen LogP contribution in [0.1, 0.15) is 12.0 Å². The van der Waals surface area contributed by atoms with Crippen molar-refractivity contribution in [3.63, 3.8) is 0 Å². The SMILES string of the molecule is COCCNC(=O)CC(=O)NN=Cc1ccc2c(c1)OCO2. The summed E-state index contributed by atoms with van der Waals surface area (Å²) < 4.78 is 15.2. The number of carbonyl (C=O) groups excluding carboxylic acids is 2. The van der Waals surface area contributed by atoms with Gasteiger partial charge in [-0.2, -0.15) is 5.10 Å². The molecule has 0 spiro atoms. The lowest BCUT2D eigenvalue weighted by Gasteiger charge is -2.03. The number of fused-ring (bicyclic) bond motifs is 1. The summed E-state index contributed by atoms with van der Waals surface area (Å²) >= 11 is 0. The first-order valence-electron chi connectivity index (χ1n) is 6.66. The Hall–Kier alpha value is -2.61. The maximum absolute atomic E-state index is 11.5. The van der Waals surface area contributed by atoms with Crippen molar-refractivity contribution in [3.05, 3.63) is 23.8 Å². The van der Waals surface area contributed by atoms with Gasteiger partial charge in [-0.1, -0.05) is 0 Å². The van der Waals surface area contributed by atoms with Crippen LogP contribution in [0.2, 0.25) is 0 Å². The molecule has 8 heteroatoms. The number of carbonyl (C=O) groups is 2. The topological polar surface area (TPSA) is 98.2 Å². The second-order valence-electron chi connectivity index (χ2n) is 4.43. The van der Waals surface area contributed by atoms with Crippen LogP contribution in [-0.2, 0) is 14.3 Å². The highest BCUT2D eigenvalue weighted by molar-refractivity contribution is 5.97. The monoisotopic (exact) mass is 307 g/mol. The molecule has 22 heavy (non-hydrogen) atoms. The third kappa shape index (κ3) is 4.74. The van der Waals surface area contributed by atoms with Crippen LogP contribution in [0.25, 0.3) is 0 Å². The number of ether oxygens (including phenoxy) is 3. The van der Waals surface area contributed by atoms with Crippen LogP contribution in [0.15, 0.2) is 23.3 Å². The molecular formula is C14H17N3O5. The fourth-order valence-corrected chi connectivity index (χ4v) is 1.71. The van der Waals surface area contributed by atoms with E-state index in [1.54, 1.807) is 18.2 Å². The first-order chi connectivity index (χ1) is 10.7. The van der Waals surface area contributed by atoms with Gasteiger partial charge in [0.25, 0.3) is 0 Å². The Morgan fingerprint density at radius 3 is 2.95 bits per heavy atom. The molecule has 1 aliphatic heterocycles. The third-order valence-corrected chi connectivity index (χ3v) is 2.75. The number of hydrogen-bond donors (Lipinski definition) is 2. The standard InChI is InChI=1S/C14H17N3O5/c1-20-5-4-15-13(18)7-14(19)17-16-8-10-2-3-11-12(6-10)22-9-21-11/h2-3,6,8H,4-5,7,9H2,1H3,(H,15,18)(H,17,19). The van der Waals surface area contributed by atoms with Crippen LogP contribution in [0, 0.1) is 0 Å². The zero-order valence-corrected chi connectivity index (χ0v) is 12.1. The van der Waals surface area contributed by atoms with Gasteiger partial charge in [-0.3, -0.25) is 9.59 Å². The van der Waals surface area contributed by atoms with Gasteiger partial charge in [0.05, 0.1) is 12.8 Å². The smallest absolute Gasteiger partial charge is 0.249 e.